The van der Waals surface area contributed by atoms with Gasteiger partial charge in [-0.2, -0.15) is 0 Å². The molecule has 0 saturated heterocycles. The summed E-state index contributed by atoms with van der Waals surface area (Å²) in [6.45, 7) is 5.38. The third kappa shape index (κ3) is 6.01. The Morgan fingerprint density at radius 3 is 2.70 bits per heavy atom. The standard InChI is InChI=1S/C23H30N4O2.HI/c1-24-23(26-12-9-18-7-8-21-22(15-18)29-17-28-21)25-11-4-13-27-14-10-19-5-2-3-6-20(19)16-27;/h2-3,5-8,15H,4,9-14,16-17H2,1H3,(H2,24,25,26);1H. The van der Waals surface area contributed by atoms with Gasteiger partial charge in [0.05, 0.1) is 0 Å². The maximum absolute atomic E-state index is 5.44. The molecule has 0 aliphatic carbocycles. The molecule has 0 atom stereocenters. The van der Waals surface area contributed by atoms with Gasteiger partial charge in [0, 0.05) is 39.8 Å². The van der Waals surface area contributed by atoms with E-state index in [-0.39, 0.29) is 24.0 Å². The van der Waals surface area contributed by atoms with Crippen LogP contribution in [0.1, 0.15) is 23.1 Å². The highest BCUT2D eigenvalue weighted by Gasteiger charge is 2.15. The fourth-order valence-electron chi connectivity index (χ4n) is 3.90. The van der Waals surface area contributed by atoms with Crippen molar-refractivity contribution in [2.45, 2.75) is 25.8 Å². The molecule has 162 valence electrons. The highest BCUT2D eigenvalue weighted by atomic mass is 127. The second-order valence-corrected chi connectivity index (χ2v) is 7.51. The van der Waals surface area contributed by atoms with Crippen molar-refractivity contribution < 1.29 is 9.47 Å². The molecule has 2 N–H and O–H groups in total. The summed E-state index contributed by atoms with van der Waals surface area (Å²) < 4.78 is 10.8. The topological polar surface area (TPSA) is 58.1 Å². The van der Waals surface area contributed by atoms with Crippen LogP contribution in [0.25, 0.3) is 0 Å². The Balaban J connectivity index is 0.00000256. The summed E-state index contributed by atoms with van der Waals surface area (Å²) in [6, 6.07) is 14.9. The zero-order chi connectivity index (χ0) is 19.9. The van der Waals surface area contributed by atoms with Crippen molar-refractivity contribution in [1.29, 1.82) is 0 Å². The van der Waals surface area contributed by atoms with Crippen molar-refractivity contribution in [3.05, 3.63) is 59.2 Å². The Kier molecular flexibility index (Phi) is 8.62. The number of benzene rings is 2. The summed E-state index contributed by atoms with van der Waals surface area (Å²) >= 11 is 0. The molecule has 0 spiro atoms. The van der Waals surface area contributed by atoms with E-state index in [0.29, 0.717) is 6.79 Å². The fraction of sp³-hybridized carbons (Fsp3) is 0.435. The number of fused-ring (bicyclic) bond motifs is 2. The van der Waals surface area contributed by atoms with Gasteiger partial charge >= 0.3 is 0 Å². The average molecular weight is 522 g/mol. The van der Waals surface area contributed by atoms with E-state index in [1.54, 1.807) is 0 Å². The minimum atomic E-state index is 0. The van der Waals surface area contributed by atoms with Crippen LogP contribution in [0.4, 0.5) is 0 Å². The molecule has 2 aliphatic heterocycles. The normalized spacial score (nSPS) is 15.3. The van der Waals surface area contributed by atoms with Crippen molar-refractivity contribution in [3.63, 3.8) is 0 Å². The number of hydrogen-bond acceptors (Lipinski definition) is 4. The summed E-state index contributed by atoms with van der Waals surface area (Å²) in [4.78, 5) is 6.87. The van der Waals surface area contributed by atoms with Gasteiger partial charge in [0.25, 0.3) is 0 Å². The Bertz CT molecular complexity index is 859. The lowest BCUT2D eigenvalue weighted by Gasteiger charge is -2.28. The van der Waals surface area contributed by atoms with Gasteiger partial charge in [0.1, 0.15) is 0 Å². The van der Waals surface area contributed by atoms with Crippen molar-refractivity contribution in [3.8, 4) is 11.5 Å². The number of halogens is 1. The largest absolute Gasteiger partial charge is 0.454 e. The van der Waals surface area contributed by atoms with Crippen LogP contribution in [0, 0.1) is 0 Å². The van der Waals surface area contributed by atoms with Gasteiger partial charge in [-0.05, 0) is 48.1 Å². The van der Waals surface area contributed by atoms with E-state index in [1.165, 1.54) is 16.7 Å². The molecular formula is C23H31IN4O2. The number of rotatable bonds is 7. The van der Waals surface area contributed by atoms with E-state index in [4.69, 9.17) is 9.47 Å². The molecule has 2 heterocycles. The van der Waals surface area contributed by atoms with Crippen molar-refractivity contribution in [1.82, 2.24) is 15.5 Å². The van der Waals surface area contributed by atoms with Crippen molar-refractivity contribution >= 4 is 29.9 Å². The smallest absolute Gasteiger partial charge is 0.231 e. The lowest BCUT2D eigenvalue weighted by molar-refractivity contribution is 0.174. The van der Waals surface area contributed by atoms with E-state index in [2.05, 4.69) is 56.9 Å². The monoisotopic (exact) mass is 522 g/mol. The molecule has 0 amide bonds. The van der Waals surface area contributed by atoms with E-state index in [0.717, 1.165) is 69.4 Å². The number of hydrogen-bond donors (Lipinski definition) is 2. The minimum Gasteiger partial charge on any atom is -0.454 e. The van der Waals surface area contributed by atoms with E-state index >= 15 is 0 Å². The molecule has 0 fully saturated rings. The first-order chi connectivity index (χ1) is 14.3. The molecule has 7 heteroatoms. The van der Waals surface area contributed by atoms with Crippen LogP contribution < -0.4 is 20.1 Å². The van der Waals surface area contributed by atoms with Crippen molar-refractivity contribution in [2.24, 2.45) is 4.99 Å². The second kappa shape index (κ2) is 11.4. The van der Waals surface area contributed by atoms with Gasteiger partial charge in [0.2, 0.25) is 6.79 Å². The van der Waals surface area contributed by atoms with Gasteiger partial charge in [0.15, 0.2) is 17.5 Å². The maximum Gasteiger partial charge on any atom is 0.231 e. The second-order valence-electron chi connectivity index (χ2n) is 7.51. The van der Waals surface area contributed by atoms with Gasteiger partial charge < -0.3 is 20.1 Å². The van der Waals surface area contributed by atoms with Gasteiger partial charge in [-0.1, -0.05) is 30.3 Å². The quantitative estimate of drug-likeness (QED) is 0.253. The predicted octanol–water partition coefficient (Wildman–Crippen LogP) is 3.19. The number of ether oxygens (including phenoxy) is 2. The lowest BCUT2D eigenvalue weighted by Crippen LogP contribution is -2.40. The van der Waals surface area contributed by atoms with Crippen LogP contribution in [0.2, 0.25) is 0 Å². The third-order valence-electron chi connectivity index (χ3n) is 5.52. The number of aliphatic imine (C=N–C) groups is 1. The third-order valence-corrected chi connectivity index (χ3v) is 5.52. The van der Waals surface area contributed by atoms with Crippen LogP contribution in [0.5, 0.6) is 11.5 Å². The van der Waals surface area contributed by atoms with E-state index in [9.17, 15) is 0 Å². The first-order valence-corrected chi connectivity index (χ1v) is 10.4. The summed E-state index contributed by atoms with van der Waals surface area (Å²) in [5.41, 5.74) is 4.21. The molecule has 0 saturated carbocycles. The highest BCUT2D eigenvalue weighted by molar-refractivity contribution is 14.0. The number of nitrogens with zero attached hydrogens (tertiary/aromatic N) is 2. The summed E-state index contributed by atoms with van der Waals surface area (Å²) in [7, 11) is 1.82. The van der Waals surface area contributed by atoms with Gasteiger partial charge in [-0.25, -0.2) is 0 Å². The Morgan fingerprint density at radius 1 is 1.03 bits per heavy atom. The van der Waals surface area contributed by atoms with Crippen LogP contribution in [0.15, 0.2) is 47.5 Å². The Morgan fingerprint density at radius 2 is 1.83 bits per heavy atom. The fourth-order valence-corrected chi connectivity index (χ4v) is 3.90. The molecule has 6 nitrogen and oxygen atoms in total. The van der Waals surface area contributed by atoms with Crippen LogP contribution >= 0.6 is 24.0 Å². The Labute approximate surface area is 196 Å². The number of nitrogens with one attached hydrogen (secondary N) is 2. The predicted molar refractivity (Wildman–Crippen MR) is 131 cm³/mol. The van der Waals surface area contributed by atoms with E-state index < -0.39 is 0 Å². The van der Waals surface area contributed by atoms with Gasteiger partial charge in [-0.3, -0.25) is 9.89 Å². The SMILES string of the molecule is CN=C(NCCCN1CCc2ccccc2C1)NCCc1ccc2c(c1)OCO2.I. The zero-order valence-corrected chi connectivity index (χ0v) is 19.9. The van der Waals surface area contributed by atoms with Crippen LogP contribution in [-0.2, 0) is 19.4 Å². The molecule has 2 aromatic carbocycles. The minimum absolute atomic E-state index is 0. The van der Waals surface area contributed by atoms with Gasteiger partial charge in [-0.15, -0.1) is 24.0 Å². The molecular weight excluding hydrogens is 491 g/mol. The Hall–Kier alpha value is -2.00. The van der Waals surface area contributed by atoms with Crippen molar-refractivity contribution in [2.75, 3.05) is 40.0 Å². The molecule has 0 radical (unpaired) electrons. The van der Waals surface area contributed by atoms with Crippen LogP contribution in [0.3, 0.4) is 0 Å². The first kappa shape index (κ1) is 22.7. The molecule has 0 bridgehead atoms. The molecule has 0 unspecified atom stereocenters. The molecule has 2 aliphatic rings. The first-order valence-electron chi connectivity index (χ1n) is 10.4. The molecule has 30 heavy (non-hydrogen) atoms. The summed E-state index contributed by atoms with van der Waals surface area (Å²) in [5, 5.41) is 6.81. The summed E-state index contributed by atoms with van der Waals surface area (Å²) in [5.74, 6) is 2.52. The average Bonchev–Trinajstić information content (AvgIpc) is 3.23. The number of guanidine groups is 1. The van der Waals surface area contributed by atoms with Crippen LogP contribution in [-0.4, -0.2) is 50.9 Å². The molecule has 4 rings (SSSR count). The molecule has 0 aromatic heterocycles. The maximum atomic E-state index is 5.44. The summed E-state index contributed by atoms with van der Waals surface area (Å²) in [6.07, 6.45) is 3.17. The van der Waals surface area contributed by atoms with E-state index in [1.807, 2.05) is 13.1 Å². The lowest BCUT2D eigenvalue weighted by atomic mass is 10.00. The highest BCUT2D eigenvalue weighted by Crippen LogP contribution is 2.32. The zero-order valence-electron chi connectivity index (χ0n) is 17.5. The molecule has 2 aromatic rings.